The summed E-state index contributed by atoms with van der Waals surface area (Å²) in [5.41, 5.74) is 6.27. The Morgan fingerprint density at radius 1 is 0.981 bits per heavy atom. The number of halogens is 2. The number of carbonyl (C=O) groups is 2. The maximum atomic E-state index is 13.4. The summed E-state index contributed by atoms with van der Waals surface area (Å²) in [7, 11) is 1.61. The number of rotatable bonds is 11. The lowest BCUT2D eigenvalue weighted by Crippen LogP contribution is -2.39. The van der Waals surface area contributed by atoms with Crippen molar-refractivity contribution in [2.45, 2.75) is 57.5 Å². The molecule has 0 bridgehead atoms. The lowest BCUT2D eigenvalue weighted by Gasteiger charge is -2.30. The number of carboxylic acids is 1. The molecule has 0 unspecified atom stereocenters. The number of hydrogen-bond donors (Lipinski definition) is 2. The van der Waals surface area contributed by atoms with Crippen LogP contribution in [0.25, 0.3) is 39.2 Å². The minimum Gasteiger partial charge on any atom is -0.481 e. The van der Waals surface area contributed by atoms with Crippen LogP contribution < -0.4 is 15.6 Å². The number of benzene rings is 2. The zero-order valence-electron chi connectivity index (χ0n) is 28.8. The monoisotopic (exact) mass is 739 g/mol. The molecule has 2 fully saturated rings. The smallest absolute Gasteiger partial charge is 0.307 e. The second-order valence-corrected chi connectivity index (χ2v) is 14.3. The zero-order valence-corrected chi connectivity index (χ0v) is 30.3. The molecule has 0 aliphatic carbocycles. The fraction of sp³-hybridized carbons (Fsp3) is 0.325. The minimum atomic E-state index is -0.800. The number of nitrogens with one attached hydrogen (secondary N) is 1. The number of aromatic nitrogens is 3. The second-order valence-electron chi connectivity index (χ2n) is 13.5. The van der Waals surface area contributed by atoms with E-state index in [2.05, 4.69) is 10.3 Å². The average molecular weight is 741 g/mol. The van der Waals surface area contributed by atoms with Crippen molar-refractivity contribution >= 4 is 40.7 Å². The second kappa shape index (κ2) is 15.5. The van der Waals surface area contributed by atoms with Gasteiger partial charge in [0.05, 0.1) is 34.3 Å². The molecule has 52 heavy (non-hydrogen) atoms. The van der Waals surface area contributed by atoms with Gasteiger partial charge in [-0.3, -0.25) is 23.7 Å². The van der Waals surface area contributed by atoms with Crippen LogP contribution in [0.2, 0.25) is 10.0 Å². The molecule has 268 valence electrons. The van der Waals surface area contributed by atoms with E-state index in [1.165, 1.54) is 4.40 Å². The van der Waals surface area contributed by atoms with Crippen LogP contribution in [0.4, 0.5) is 0 Å². The topological polar surface area (TPSA) is 126 Å². The minimum absolute atomic E-state index is 0.128. The third kappa shape index (κ3) is 7.42. The van der Waals surface area contributed by atoms with Crippen LogP contribution in [-0.4, -0.2) is 62.5 Å². The van der Waals surface area contributed by atoms with Crippen molar-refractivity contribution in [3.63, 3.8) is 0 Å². The molecule has 1 amide bonds. The van der Waals surface area contributed by atoms with Crippen LogP contribution in [0.5, 0.6) is 5.88 Å². The standard InChI is InChI=1S/C40H39Cl2N5O5/c1-52-38-24(6-2-8-28-14-16-35(48)44-28)13-15-33(45-38)32-12-4-11-31(37(32)42)30-10-3-9-29(36(30)41)25-17-19-47-34(20-25)43-21-27(39(47)49)23-46-18-5-7-26(22-46)40(50)51/h3-4,9-13,15,17,19-21,26,28H,2,5-8,14,16,18,22-23H2,1H3,(H,44,48)(H,50,51)/t26-,28+/m0/s1. The average Bonchev–Trinajstić information content (AvgIpc) is 3.57. The Balaban J connectivity index is 1.12. The first-order chi connectivity index (χ1) is 25.2. The van der Waals surface area contributed by atoms with E-state index in [9.17, 15) is 19.5 Å². The number of fused-ring (bicyclic) bond motifs is 1. The number of nitrogens with zero attached hydrogens (tertiary/aromatic N) is 4. The van der Waals surface area contributed by atoms with Gasteiger partial charge in [0.15, 0.2) is 0 Å². The number of carboxylic acid groups (broad SMARTS) is 1. The molecule has 5 aromatic rings. The number of hydrogen-bond acceptors (Lipinski definition) is 7. The van der Waals surface area contributed by atoms with Gasteiger partial charge in [-0.05, 0) is 68.8 Å². The molecule has 12 heteroatoms. The Morgan fingerprint density at radius 2 is 1.73 bits per heavy atom. The SMILES string of the molecule is COc1nc(-c2cccc(-c3cccc(-c4ccn5c(=O)c(CN6CCC[C@H](C(=O)O)C6)cnc5c4)c3Cl)c2Cl)ccc1CCC[C@@H]1CCC(=O)N1. The zero-order chi connectivity index (χ0) is 36.4. The van der Waals surface area contributed by atoms with E-state index >= 15 is 0 Å². The summed E-state index contributed by atoms with van der Waals surface area (Å²) in [4.78, 5) is 47.9. The van der Waals surface area contributed by atoms with Crippen LogP contribution in [0.15, 0.2) is 77.9 Å². The van der Waals surface area contributed by atoms with Crippen LogP contribution >= 0.6 is 23.2 Å². The highest BCUT2D eigenvalue weighted by Crippen LogP contribution is 2.42. The van der Waals surface area contributed by atoms with Gasteiger partial charge in [-0.1, -0.05) is 65.7 Å². The lowest BCUT2D eigenvalue weighted by atomic mass is 9.97. The molecule has 2 atom stereocenters. The molecular weight excluding hydrogens is 701 g/mol. The number of likely N-dealkylation sites (tertiary alicyclic amines) is 1. The molecule has 2 saturated heterocycles. The highest BCUT2D eigenvalue weighted by Gasteiger charge is 2.26. The largest absolute Gasteiger partial charge is 0.481 e. The maximum Gasteiger partial charge on any atom is 0.307 e. The molecule has 0 spiro atoms. The third-order valence-electron chi connectivity index (χ3n) is 10.1. The Hall–Kier alpha value is -4.77. The van der Waals surface area contributed by atoms with Crippen LogP contribution in [0, 0.1) is 5.92 Å². The van der Waals surface area contributed by atoms with Gasteiger partial charge in [0, 0.05) is 65.8 Å². The summed E-state index contributed by atoms with van der Waals surface area (Å²) in [6, 6.07) is 19.4. The quantitative estimate of drug-likeness (QED) is 0.145. The lowest BCUT2D eigenvalue weighted by molar-refractivity contribution is -0.143. The van der Waals surface area contributed by atoms with Gasteiger partial charge in [0.1, 0.15) is 5.65 Å². The van der Waals surface area contributed by atoms with Gasteiger partial charge in [-0.15, -0.1) is 0 Å². The van der Waals surface area contributed by atoms with E-state index in [0.29, 0.717) is 58.8 Å². The Morgan fingerprint density at radius 3 is 2.46 bits per heavy atom. The molecule has 3 aromatic heterocycles. The normalized spacial score (nSPS) is 17.7. The van der Waals surface area contributed by atoms with E-state index in [1.807, 2.05) is 65.6 Å². The molecule has 0 radical (unpaired) electrons. The van der Waals surface area contributed by atoms with E-state index in [-0.39, 0.29) is 17.5 Å². The molecule has 5 heterocycles. The number of ether oxygens (including phenoxy) is 1. The summed E-state index contributed by atoms with van der Waals surface area (Å²) in [5, 5.41) is 13.5. The van der Waals surface area contributed by atoms with E-state index in [4.69, 9.17) is 32.9 Å². The van der Waals surface area contributed by atoms with Crippen molar-refractivity contribution in [1.82, 2.24) is 24.6 Å². The molecule has 10 nitrogen and oxygen atoms in total. The summed E-state index contributed by atoms with van der Waals surface area (Å²) in [6.45, 7) is 1.51. The molecule has 7 rings (SSSR count). The highest BCUT2D eigenvalue weighted by atomic mass is 35.5. The number of pyridine rings is 2. The van der Waals surface area contributed by atoms with Crippen molar-refractivity contribution in [3.8, 4) is 39.4 Å². The van der Waals surface area contributed by atoms with E-state index in [0.717, 1.165) is 72.0 Å². The van der Waals surface area contributed by atoms with Gasteiger partial charge >= 0.3 is 5.97 Å². The predicted molar refractivity (Wildman–Crippen MR) is 202 cm³/mol. The van der Waals surface area contributed by atoms with E-state index in [1.54, 1.807) is 19.5 Å². The molecule has 2 aliphatic heterocycles. The summed E-state index contributed by atoms with van der Waals surface area (Å²) >= 11 is 14.2. The van der Waals surface area contributed by atoms with Crippen molar-refractivity contribution in [2.75, 3.05) is 20.2 Å². The summed E-state index contributed by atoms with van der Waals surface area (Å²) in [5.74, 6) is -0.550. The number of piperidine rings is 1. The fourth-order valence-electron chi connectivity index (χ4n) is 7.35. The Kier molecular flexibility index (Phi) is 10.6. The predicted octanol–water partition coefficient (Wildman–Crippen LogP) is 7.30. The number of aryl methyl sites for hydroxylation is 1. The van der Waals surface area contributed by atoms with Crippen LogP contribution in [0.1, 0.15) is 49.7 Å². The number of carbonyl (C=O) groups excluding carboxylic acids is 1. The molecule has 2 N–H and O–H groups in total. The summed E-state index contributed by atoms with van der Waals surface area (Å²) < 4.78 is 7.19. The maximum absolute atomic E-state index is 13.4. The molecular formula is C40H39Cl2N5O5. The highest BCUT2D eigenvalue weighted by molar-refractivity contribution is 6.39. The van der Waals surface area contributed by atoms with Gasteiger partial charge in [0.2, 0.25) is 11.8 Å². The molecule has 2 aliphatic rings. The number of aliphatic carboxylic acids is 1. The van der Waals surface area contributed by atoms with E-state index < -0.39 is 11.9 Å². The van der Waals surface area contributed by atoms with Gasteiger partial charge in [-0.25, -0.2) is 9.97 Å². The van der Waals surface area contributed by atoms with Crippen molar-refractivity contribution in [1.29, 1.82) is 0 Å². The van der Waals surface area contributed by atoms with Crippen molar-refractivity contribution < 1.29 is 19.4 Å². The first-order valence-corrected chi connectivity index (χ1v) is 18.3. The first-order valence-electron chi connectivity index (χ1n) is 17.6. The molecule has 2 aromatic carbocycles. The summed E-state index contributed by atoms with van der Waals surface area (Å²) in [6.07, 6.45) is 8.81. The third-order valence-corrected chi connectivity index (χ3v) is 10.9. The van der Waals surface area contributed by atoms with Crippen molar-refractivity contribution in [2.24, 2.45) is 5.92 Å². The Bertz CT molecular complexity index is 2220. The van der Waals surface area contributed by atoms with Crippen LogP contribution in [0.3, 0.4) is 0 Å². The van der Waals surface area contributed by atoms with Crippen molar-refractivity contribution in [3.05, 3.63) is 105 Å². The van der Waals surface area contributed by atoms with Crippen LogP contribution in [-0.2, 0) is 22.6 Å². The fourth-order valence-corrected chi connectivity index (χ4v) is 8.01. The first kappa shape index (κ1) is 35.6. The molecule has 0 saturated carbocycles. The van der Waals surface area contributed by atoms with Gasteiger partial charge < -0.3 is 15.2 Å². The Labute approximate surface area is 311 Å². The number of methoxy groups -OCH3 is 1. The number of amides is 1. The van der Waals surface area contributed by atoms with Gasteiger partial charge in [0.25, 0.3) is 5.56 Å². The van der Waals surface area contributed by atoms with Gasteiger partial charge in [-0.2, -0.15) is 0 Å².